The van der Waals surface area contributed by atoms with Gasteiger partial charge in [-0.25, -0.2) is 8.78 Å². The van der Waals surface area contributed by atoms with Gasteiger partial charge in [-0.2, -0.15) is 0 Å². The maximum Gasteiger partial charge on any atom is 0.191 e. The van der Waals surface area contributed by atoms with E-state index in [9.17, 15) is 8.78 Å². The summed E-state index contributed by atoms with van der Waals surface area (Å²) in [6.07, 6.45) is 0. The van der Waals surface area contributed by atoms with Crippen LogP contribution in [0.5, 0.6) is 5.75 Å². The molecule has 0 aliphatic carbocycles. The van der Waals surface area contributed by atoms with Crippen molar-refractivity contribution >= 4 is 34.8 Å². The van der Waals surface area contributed by atoms with Crippen LogP contribution in [0.3, 0.4) is 0 Å². The first-order chi connectivity index (χ1) is 9.52. The summed E-state index contributed by atoms with van der Waals surface area (Å²) in [6, 6.07) is 7.16. The monoisotopic (exact) mass is 336 g/mol. The fourth-order valence-electron chi connectivity index (χ4n) is 1.64. The summed E-state index contributed by atoms with van der Waals surface area (Å²) in [7, 11) is 0. The molecule has 0 aliphatic rings. The molecule has 0 aliphatic heterocycles. The third-order valence-electron chi connectivity index (χ3n) is 2.63. The fraction of sp³-hybridized carbons (Fsp3) is 0.143. The lowest BCUT2D eigenvalue weighted by Crippen LogP contribution is -2.02. The molecular formula is C14H9Cl3F2O. The molecule has 0 atom stereocenters. The molecule has 0 unspecified atom stereocenters. The second-order valence-corrected chi connectivity index (χ2v) is 5.09. The van der Waals surface area contributed by atoms with Crippen molar-refractivity contribution in [1.29, 1.82) is 0 Å². The van der Waals surface area contributed by atoms with E-state index in [4.69, 9.17) is 39.5 Å². The van der Waals surface area contributed by atoms with Crippen LogP contribution in [0.1, 0.15) is 11.1 Å². The number of alkyl halides is 1. The van der Waals surface area contributed by atoms with Gasteiger partial charge in [0.15, 0.2) is 17.4 Å². The molecule has 0 N–H and O–H groups in total. The van der Waals surface area contributed by atoms with Crippen molar-refractivity contribution in [1.82, 2.24) is 0 Å². The second-order valence-electron chi connectivity index (χ2n) is 4.01. The first kappa shape index (κ1) is 15.4. The van der Waals surface area contributed by atoms with Gasteiger partial charge in [-0.15, -0.1) is 11.6 Å². The molecule has 106 valence electrons. The van der Waals surface area contributed by atoms with Crippen LogP contribution in [-0.2, 0) is 12.5 Å². The summed E-state index contributed by atoms with van der Waals surface area (Å²) >= 11 is 17.4. The summed E-state index contributed by atoms with van der Waals surface area (Å²) in [5.41, 5.74) is 0.806. The lowest BCUT2D eigenvalue weighted by Gasteiger charge is -2.11. The number of halogens is 5. The minimum atomic E-state index is -0.816. The minimum absolute atomic E-state index is 0.0183. The van der Waals surface area contributed by atoms with E-state index in [0.29, 0.717) is 21.2 Å². The molecule has 0 amide bonds. The Labute approximate surface area is 130 Å². The molecule has 6 heteroatoms. The van der Waals surface area contributed by atoms with Crippen molar-refractivity contribution in [3.8, 4) is 5.75 Å². The Morgan fingerprint density at radius 1 is 1.00 bits per heavy atom. The van der Waals surface area contributed by atoms with Crippen LogP contribution >= 0.6 is 34.8 Å². The zero-order chi connectivity index (χ0) is 14.7. The Hall–Kier alpha value is -1.03. The Bertz CT molecular complexity index is 589. The molecule has 0 radical (unpaired) electrons. The molecular weight excluding hydrogens is 329 g/mol. The van der Waals surface area contributed by atoms with Gasteiger partial charge in [0.05, 0.1) is 0 Å². The summed E-state index contributed by atoms with van der Waals surface area (Å²) in [4.78, 5) is 0. The van der Waals surface area contributed by atoms with Crippen LogP contribution in [0.4, 0.5) is 8.78 Å². The highest BCUT2D eigenvalue weighted by atomic mass is 35.5. The van der Waals surface area contributed by atoms with Gasteiger partial charge in [-0.3, -0.25) is 0 Å². The third-order valence-corrected chi connectivity index (χ3v) is 3.65. The zero-order valence-corrected chi connectivity index (χ0v) is 12.4. The molecule has 2 aromatic carbocycles. The number of hydrogen-bond donors (Lipinski definition) is 0. The maximum atomic E-state index is 13.7. The highest BCUT2D eigenvalue weighted by Crippen LogP contribution is 2.29. The van der Waals surface area contributed by atoms with E-state index in [2.05, 4.69) is 0 Å². The van der Waals surface area contributed by atoms with Crippen molar-refractivity contribution in [3.63, 3.8) is 0 Å². The minimum Gasteiger partial charge on any atom is -0.483 e. The number of benzene rings is 2. The fourth-order valence-corrected chi connectivity index (χ4v) is 2.30. The summed E-state index contributed by atoms with van der Waals surface area (Å²) in [6.45, 7) is -0.132. The van der Waals surface area contributed by atoms with Crippen molar-refractivity contribution in [2.75, 3.05) is 0 Å². The lowest BCUT2D eigenvalue weighted by molar-refractivity contribution is 0.274. The quantitative estimate of drug-likeness (QED) is 0.661. The zero-order valence-electron chi connectivity index (χ0n) is 10.1. The molecule has 0 fully saturated rings. The molecule has 2 rings (SSSR count). The number of hydrogen-bond acceptors (Lipinski definition) is 1. The average molecular weight is 338 g/mol. The molecule has 0 saturated heterocycles. The molecule has 2 aromatic rings. The molecule has 0 spiro atoms. The van der Waals surface area contributed by atoms with Crippen LogP contribution in [0.2, 0.25) is 10.0 Å². The van der Waals surface area contributed by atoms with Gasteiger partial charge in [-0.1, -0.05) is 29.3 Å². The standard InChI is InChI=1S/C14H9Cl3F2O/c15-6-8-4-12(18)14(13(19)5-8)20-7-9-10(16)2-1-3-11(9)17/h1-5H,6-7H2. The third kappa shape index (κ3) is 3.35. The SMILES string of the molecule is Fc1cc(CCl)cc(F)c1OCc1c(Cl)cccc1Cl. The topological polar surface area (TPSA) is 9.23 Å². The molecule has 0 aromatic heterocycles. The molecule has 0 bridgehead atoms. The largest absolute Gasteiger partial charge is 0.483 e. The first-order valence-electron chi connectivity index (χ1n) is 5.62. The average Bonchev–Trinajstić information content (AvgIpc) is 2.40. The van der Waals surface area contributed by atoms with Crippen molar-refractivity contribution in [2.24, 2.45) is 0 Å². The lowest BCUT2D eigenvalue weighted by atomic mass is 10.2. The van der Waals surface area contributed by atoms with Gasteiger partial charge in [-0.05, 0) is 29.8 Å². The van der Waals surface area contributed by atoms with Gasteiger partial charge in [0.2, 0.25) is 0 Å². The van der Waals surface area contributed by atoms with Crippen molar-refractivity contribution in [3.05, 3.63) is 63.1 Å². The molecule has 1 nitrogen and oxygen atoms in total. The van der Waals surface area contributed by atoms with Gasteiger partial charge in [0.1, 0.15) is 6.61 Å². The second kappa shape index (κ2) is 6.61. The van der Waals surface area contributed by atoms with E-state index in [1.165, 1.54) is 0 Å². The summed E-state index contributed by atoms with van der Waals surface area (Å²) < 4.78 is 32.6. The normalized spacial score (nSPS) is 10.7. The number of ether oxygens (including phenoxy) is 1. The van der Waals surface area contributed by atoms with Crippen LogP contribution in [0.25, 0.3) is 0 Å². The van der Waals surface area contributed by atoms with Gasteiger partial charge >= 0.3 is 0 Å². The molecule has 0 heterocycles. The van der Waals surface area contributed by atoms with Gasteiger partial charge in [0, 0.05) is 21.5 Å². The van der Waals surface area contributed by atoms with E-state index >= 15 is 0 Å². The Balaban J connectivity index is 2.23. The Kier molecular flexibility index (Phi) is 5.08. The maximum absolute atomic E-state index is 13.7. The molecule has 0 saturated carbocycles. The van der Waals surface area contributed by atoms with E-state index < -0.39 is 17.4 Å². The van der Waals surface area contributed by atoms with Crippen molar-refractivity contribution in [2.45, 2.75) is 12.5 Å². The smallest absolute Gasteiger partial charge is 0.191 e. The highest BCUT2D eigenvalue weighted by molar-refractivity contribution is 6.35. The van der Waals surface area contributed by atoms with Crippen LogP contribution in [0, 0.1) is 11.6 Å². The Morgan fingerprint density at radius 2 is 1.55 bits per heavy atom. The van der Waals surface area contributed by atoms with Crippen LogP contribution in [0.15, 0.2) is 30.3 Å². The van der Waals surface area contributed by atoms with Gasteiger partial charge in [0.25, 0.3) is 0 Å². The van der Waals surface area contributed by atoms with Gasteiger partial charge < -0.3 is 4.74 Å². The highest BCUT2D eigenvalue weighted by Gasteiger charge is 2.14. The predicted octanol–water partition coefficient (Wildman–Crippen LogP) is 5.59. The van der Waals surface area contributed by atoms with Crippen LogP contribution in [-0.4, -0.2) is 0 Å². The number of rotatable bonds is 4. The first-order valence-corrected chi connectivity index (χ1v) is 6.91. The Morgan fingerprint density at radius 3 is 2.05 bits per heavy atom. The van der Waals surface area contributed by atoms with Crippen LogP contribution < -0.4 is 4.74 Å². The summed E-state index contributed by atoms with van der Waals surface area (Å²) in [5.74, 6) is -2.09. The van der Waals surface area contributed by atoms with Crippen molar-refractivity contribution < 1.29 is 13.5 Å². The van der Waals surface area contributed by atoms with E-state index in [1.54, 1.807) is 18.2 Å². The predicted molar refractivity (Wildman–Crippen MR) is 76.7 cm³/mol. The van der Waals surface area contributed by atoms with E-state index in [0.717, 1.165) is 12.1 Å². The molecule has 20 heavy (non-hydrogen) atoms. The van der Waals surface area contributed by atoms with E-state index in [-0.39, 0.29) is 12.5 Å². The van der Waals surface area contributed by atoms with E-state index in [1.807, 2.05) is 0 Å². The summed E-state index contributed by atoms with van der Waals surface area (Å²) in [5, 5.41) is 0.742.